The highest BCUT2D eigenvalue weighted by molar-refractivity contribution is 7.91. The molecule has 5 fully saturated rings. The molecule has 6 aromatic rings. The Morgan fingerprint density at radius 2 is 1.74 bits per heavy atom. The van der Waals surface area contributed by atoms with Gasteiger partial charge in [-0.05, 0) is 98.6 Å². The Balaban J connectivity index is 0.881. The number of carbonyl (C=O) groups is 1. The van der Waals surface area contributed by atoms with Crippen molar-refractivity contribution in [2.75, 3.05) is 85.8 Å². The summed E-state index contributed by atoms with van der Waals surface area (Å²) in [6, 6.07) is 17.9. The number of piperazine rings is 1. The van der Waals surface area contributed by atoms with Crippen LogP contribution in [0.3, 0.4) is 0 Å². The quantitative estimate of drug-likeness (QED) is 0.0916. The maximum absolute atomic E-state index is 16.2. The summed E-state index contributed by atoms with van der Waals surface area (Å²) in [4.78, 5) is 52.0. The van der Waals surface area contributed by atoms with Crippen LogP contribution in [0.4, 0.5) is 34.3 Å². The first-order chi connectivity index (χ1) is 36.9. The van der Waals surface area contributed by atoms with Gasteiger partial charge >= 0.3 is 0 Å². The average molecular weight is 1050 g/mol. The van der Waals surface area contributed by atoms with Gasteiger partial charge in [0.2, 0.25) is 15.7 Å². The normalized spacial score (nSPS) is 23.9. The average Bonchev–Trinajstić information content (AvgIpc) is 4.05. The Kier molecular flexibility index (Phi) is 12.3. The van der Waals surface area contributed by atoms with E-state index in [1.807, 2.05) is 23.2 Å². The number of piperidine rings is 1. The second kappa shape index (κ2) is 19.2. The number of aromatic nitrogens is 4. The van der Waals surface area contributed by atoms with Gasteiger partial charge in [0.15, 0.2) is 11.4 Å². The Morgan fingerprint density at radius 1 is 0.921 bits per heavy atom. The minimum atomic E-state index is -4.79. The standard InChI is InChI=1S/C55H61N11O9S/c1-33-4-2-3-5-38(33)45-30-63(48-29-57-15-16-58-48)19-20-64(45)36-27-55(28-36)12-17-62(18-13-55)42-7-6-39(52(56)67)50(65-41-11-23-73-32-47(41)75-54-44(65)24-35-8-14-59-53(35)61-54)51(42)76(70,71)37-25-43(66(68)69)49-46(26-37)74-31-40(60-49)34-9-21-72-22-10-34/h2-8,14-16,24-26,29,34,36,40-41,45,47,60H,9-13,17-23,27-28,30-32H2,1H3,(H2,56,67)(H,59,61)/t40-,41-,45-,47-/m0/s1. The van der Waals surface area contributed by atoms with Crippen LogP contribution in [0.1, 0.15) is 72.5 Å². The van der Waals surface area contributed by atoms with E-state index in [0.717, 1.165) is 75.4 Å². The van der Waals surface area contributed by atoms with Crippen LogP contribution in [0.25, 0.3) is 11.0 Å². The molecule has 1 aliphatic carbocycles. The smallest absolute Gasteiger partial charge is 0.297 e. The molecule has 13 rings (SSSR count). The number of nitrogens with zero attached hydrogens (tertiary/aromatic N) is 8. The molecule has 7 aliphatic rings. The van der Waals surface area contributed by atoms with Crippen LogP contribution in [-0.2, 0) is 19.3 Å². The van der Waals surface area contributed by atoms with E-state index in [1.165, 1.54) is 17.2 Å². The minimum Gasteiger partial charge on any atom is -0.489 e. The molecule has 4 N–H and O–H groups in total. The van der Waals surface area contributed by atoms with Gasteiger partial charge in [-0.3, -0.25) is 24.8 Å². The lowest BCUT2D eigenvalue weighted by Crippen LogP contribution is -2.60. The topological polar surface area (TPSA) is 237 Å². The molecule has 1 spiro atoms. The number of nitro groups is 1. The minimum absolute atomic E-state index is 0.0304. The van der Waals surface area contributed by atoms with Crippen molar-refractivity contribution >= 4 is 61.0 Å². The van der Waals surface area contributed by atoms with Crippen molar-refractivity contribution in [2.24, 2.45) is 17.1 Å². The van der Waals surface area contributed by atoms with Crippen molar-refractivity contribution in [1.82, 2.24) is 24.8 Å². The monoisotopic (exact) mass is 1050 g/mol. The van der Waals surface area contributed by atoms with Gasteiger partial charge in [0.05, 0.1) is 57.7 Å². The van der Waals surface area contributed by atoms with E-state index < -0.39 is 38.5 Å². The van der Waals surface area contributed by atoms with Crippen molar-refractivity contribution in [3.8, 4) is 11.6 Å². The van der Waals surface area contributed by atoms with Crippen LogP contribution in [0.2, 0.25) is 0 Å². The molecule has 0 radical (unpaired) electrons. The molecule has 3 aromatic heterocycles. The molecule has 1 amide bonds. The van der Waals surface area contributed by atoms with Gasteiger partial charge in [0, 0.05) is 94.7 Å². The third-order valence-electron chi connectivity index (χ3n) is 17.4. The SMILES string of the molecule is Cc1ccccc1[C@@H]1CN(c2cnccn2)CCN1C1CC2(CCN(c3ccc(C(N)=O)c(N4c5cc6cc[nH]c6nc5O[C@H]5COCC[C@@H]54)c3S(=O)(=O)c3cc4c(c([N+](=O)[O-])c3)N[C@H](C3CCOCC3)CO4)CC2)C1. The molecule has 76 heavy (non-hydrogen) atoms. The highest BCUT2D eigenvalue weighted by Gasteiger charge is 2.51. The number of aromatic amines is 1. The predicted molar refractivity (Wildman–Crippen MR) is 284 cm³/mol. The van der Waals surface area contributed by atoms with E-state index >= 15 is 8.42 Å². The summed E-state index contributed by atoms with van der Waals surface area (Å²) >= 11 is 0. The number of rotatable bonds is 10. The molecular formula is C55H61N11O9S. The number of benzene rings is 3. The first-order valence-corrected chi connectivity index (χ1v) is 28.0. The lowest BCUT2D eigenvalue weighted by molar-refractivity contribution is -0.384. The van der Waals surface area contributed by atoms with Crippen molar-refractivity contribution in [3.05, 3.63) is 112 Å². The number of nitrogens with two attached hydrogens (primary N) is 1. The van der Waals surface area contributed by atoms with Crippen molar-refractivity contribution in [3.63, 3.8) is 0 Å². The number of H-pyrrole nitrogens is 1. The fourth-order valence-corrected chi connectivity index (χ4v) is 15.1. The summed E-state index contributed by atoms with van der Waals surface area (Å²) in [5, 5.41) is 17.2. The number of sulfone groups is 1. The number of fused-ring (bicyclic) bond motifs is 4. The van der Waals surface area contributed by atoms with E-state index in [9.17, 15) is 14.9 Å². The number of hydrogen-bond donors (Lipinski definition) is 3. The second-order valence-electron chi connectivity index (χ2n) is 21.6. The van der Waals surface area contributed by atoms with Gasteiger partial charge in [-0.1, -0.05) is 24.3 Å². The third-order valence-corrected chi connectivity index (χ3v) is 19.2. The summed E-state index contributed by atoms with van der Waals surface area (Å²) in [6.07, 6.45) is 12.0. The molecule has 0 unspecified atom stereocenters. The first kappa shape index (κ1) is 48.6. The zero-order valence-corrected chi connectivity index (χ0v) is 43.1. The van der Waals surface area contributed by atoms with Crippen LogP contribution in [0.5, 0.6) is 11.6 Å². The van der Waals surface area contributed by atoms with E-state index in [1.54, 1.807) is 30.7 Å². The van der Waals surface area contributed by atoms with Crippen molar-refractivity contribution < 1.29 is 37.1 Å². The summed E-state index contributed by atoms with van der Waals surface area (Å²) in [7, 11) is -4.79. The number of nitro benzene ring substituents is 1. The summed E-state index contributed by atoms with van der Waals surface area (Å²) in [5.74, 6) is 0.474. The number of nitrogens with one attached hydrogen (secondary N) is 2. The molecule has 4 atom stereocenters. The molecule has 9 heterocycles. The first-order valence-electron chi connectivity index (χ1n) is 26.5. The number of aryl methyl sites for hydroxylation is 1. The zero-order valence-electron chi connectivity index (χ0n) is 42.3. The molecule has 3 aromatic carbocycles. The van der Waals surface area contributed by atoms with E-state index in [4.69, 9.17) is 29.7 Å². The van der Waals surface area contributed by atoms with Gasteiger partial charge < -0.3 is 49.7 Å². The largest absolute Gasteiger partial charge is 0.489 e. The van der Waals surface area contributed by atoms with Gasteiger partial charge in [0.25, 0.3) is 11.6 Å². The number of amides is 1. The van der Waals surface area contributed by atoms with E-state index in [-0.39, 0.29) is 75.0 Å². The summed E-state index contributed by atoms with van der Waals surface area (Å²) in [5.41, 5.74) is 10.1. The second-order valence-corrected chi connectivity index (χ2v) is 23.5. The number of carbonyl (C=O) groups excluding carboxylic acids is 1. The van der Waals surface area contributed by atoms with Crippen LogP contribution in [-0.4, -0.2) is 134 Å². The van der Waals surface area contributed by atoms with Gasteiger partial charge in [-0.25, -0.2) is 13.4 Å². The van der Waals surface area contributed by atoms with E-state index in [0.29, 0.717) is 62.4 Å². The molecule has 20 nitrogen and oxygen atoms in total. The van der Waals surface area contributed by atoms with Crippen LogP contribution in [0.15, 0.2) is 95.2 Å². The molecular weight excluding hydrogens is 991 g/mol. The van der Waals surface area contributed by atoms with Crippen LogP contribution >= 0.6 is 0 Å². The number of ether oxygens (including phenoxy) is 4. The Bertz CT molecular complexity index is 3340. The number of pyridine rings is 1. The number of anilines is 5. The Labute approximate surface area is 439 Å². The number of hydrogen-bond acceptors (Lipinski definition) is 17. The lowest BCUT2D eigenvalue weighted by atomic mass is 9.59. The molecule has 1 saturated carbocycles. The van der Waals surface area contributed by atoms with Gasteiger partial charge in [-0.2, -0.15) is 4.98 Å². The molecule has 4 saturated heterocycles. The third kappa shape index (κ3) is 8.42. The summed E-state index contributed by atoms with van der Waals surface area (Å²) < 4.78 is 56.8. The Hall–Kier alpha value is -7.07. The fraction of sp³-hybridized carbons (Fsp3) is 0.455. The summed E-state index contributed by atoms with van der Waals surface area (Å²) in [6.45, 7) is 7.62. The molecule has 21 heteroatoms. The van der Waals surface area contributed by atoms with Crippen LogP contribution in [0, 0.1) is 28.4 Å². The van der Waals surface area contributed by atoms with Crippen molar-refractivity contribution in [1.29, 1.82) is 0 Å². The zero-order chi connectivity index (χ0) is 51.9. The number of primary amides is 1. The fourth-order valence-electron chi connectivity index (χ4n) is 13.4. The molecule has 0 bridgehead atoms. The highest BCUT2D eigenvalue weighted by atomic mass is 32.2. The molecule has 396 valence electrons. The van der Waals surface area contributed by atoms with E-state index in [2.05, 4.69) is 66.2 Å². The maximum Gasteiger partial charge on any atom is 0.297 e. The predicted octanol–water partition coefficient (Wildman–Crippen LogP) is 7.10. The molecule has 6 aliphatic heterocycles. The van der Waals surface area contributed by atoms with Gasteiger partial charge in [-0.15, -0.1) is 0 Å². The van der Waals surface area contributed by atoms with Crippen molar-refractivity contribution in [2.45, 2.75) is 91.9 Å². The van der Waals surface area contributed by atoms with Gasteiger partial charge in [0.1, 0.15) is 34.8 Å². The maximum atomic E-state index is 16.2. The lowest BCUT2D eigenvalue weighted by Gasteiger charge is -2.58. The van der Waals surface area contributed by atoms with Crippen LogP contribution < -0.4 is 35.2 Å². The highest BCUT2D eigenvalue weighted by Crippen LogP contribution is 2.56. The Morgan fingerprint density at radius 3 is 2.51 bits per heavy atom.